The molecule has 0 aromatic heterocycles. The summed E-state index contributed by atoms with van der Waals surface area (Å²) in [6, 6.07) is 0. The van der Waals surface area contributed by atoms with Crippen molar-refractivity contribution in [2.45, 2.75) is 96.8 Å². The first-order valence-corrected chi connectivity index (χ1v) is 10.1. The number of hydrogen-bond acceptors (Lipinski definition) is 4. The summed E-state index contributed by atoms with van der Waals surface area (Å²) in [6.07, 6.45) is 18.1. The fraction of sp³-hybridized carbons (Fsp3) is 0.900. The Morgan fingerprint density at radius 1 is 0.680 bits per heavy atom. The van der Waals surface area contributed by atoms with Crippen LogP contribution in [0.5, 0.6) is 0 Å². The molecule has 0 saturated carbocycles. The normalized spacial score (nSPS) is 10.8. The number of ether oxygens (including phenoxy) is 2. The van der Waals surface area contributed by atoms with Crippen molar-refractivity contribution in [2.75, 3.05) is 19.8 Å². The third kappa shape index (κ3) is 20.9. The zero-order valence-corrected chi connectivity index (χ0v) is 16.1. The fourth-order valence-electron chi connectivity index (χ4n) is 2.75. The minimum Gasteiger partial charge on any atom is -0.480 e. The van der Waals surface area contributed by atoms with Gasteiger partial charge in [-0.1, -0.05) is 90.4 Å². The number of hydrogen-bond donors (Lipinski definition) is 1. The SMILES string of the molecule is CCCCCCCCCCCCCCCCOC(=O)COCC(=O)O. The number of carboxylic acid groups (broad SMARTS) is 1. The van der Waals surface area contributed by atoms with Gasteiger partial charge in [0.15, 0.2) is 0 Å². The summed E-state index contributed by atoms with van der Waals surface area (Å²) in [6.45, 7) is 1.90. The van der Waals surface area contributed by atoms with Crippen molar-refractivity contribution >= 4 is 11.9 Å². The first-order valence-electron chi connectivity index (χ1n) is 10.1. The second-order valence-electron chi connectivity index (χ2n) is 6.70. The van der Waals surface area contributed by atoms with E-state index in [1.54, 1.807) is 0 Å². The molecule has 0 unspecified atom stereocenters. The van der Waals surface area contributed by atoms with Crippen LogP contribution in [0.4, 0.5) is 0 Å². The highest BCUT2D eigenvalue weighted by atomic mass is 16.6. The monoisotopic (exact) mass is 358 g/mol. The summed E-state index contributed by atoms with van der Waals surface area (Å²) >= 11 is 0. The van der Waals surface area contributed by atoms with Gasteiger partial charge < -0.3 is 14.6 Å². The molecule has 5 nitrogen and oxygen atoms in total. The van der Waals surface area contributed by atoms with Crippen molar-refractivity contribution in [3.63, 3.8) is 0 Å². The van der Waals surface area contributed by atoms with Gasteiger partial charge in [-0.05, 0) is 6.42 Å². The van der Waals surface area contributed by atoms with Crippen molar-refractivity contribution in [1.82, 2.24) is 0 Å². The quantitative estimate of drug-likeness (QED) is 0.256. The molecule has 0 aromatic rings. The molecule has 0 fully saturated rings. The topological polar surface area (TPSA) is 72.8 Å². The molecule has 0 heterocycles. The van der Waals surface area contributed by atoms with E-state index in [0.29, 0.717) is 6.61 Å². The first-order chi connectivity index (χ1) is 12.2. The van der Waals surface area contributed by atoms with Crippen molar-refractivity contribution in [3.05, 3.63) is 0 Å². The van der Waals surface area contributed by atoms with E-state index in [4.69, 9.17) is 9.84 Å². The number of unbranched alkanes of at least 4 members (excludes halogenated alkanes) is 13. The lowest BCUT2D eigenvalue weighted by atomic mass is 10.0. The number of carbonyl (C=O) groups excluding carboxylic acids is 1. The maximum Gasteiger partial charge on any atom is 0.332 e. The lowest BCUT2D eigenvalue weighted by molar-refractivity contribution is -0.152. The highest BCUT2D eigenvalue weighted by molar-refractivity contribution is 5.72. The Bertz CT molecular complexity index is 317. The van der Waals surface area contributed by atoms with E-state index in [1.807, 2.05) is 0 Å². The molecule has 0 rings (SSSR count). The predicted molar refractivity (Wildman–Crippen MR) is 99.7 cm³/mol. The zero-order valence-electron chi connectivity index (χ0n) is 16.1. The summed E-state index contributed by atoms with van der Waals surface area (Å²) < 4.78 is 9.63. The van der Waals surface area contributed by atoms with Crippen LogP contribution in [0.15, 0.2) is 0 Å². The first kappa shape index (κ1) is 23.9. The average Bonchev–Trinajstić information content (AvgIpc) is 2.58. The summed E-state index contributed by atoms with van der Waals surface area (Å²) in [5.41, 5.74) is 0. The maximum atomic E-state index is 11.2. The lowest BCUT2D eigenvalue weighted by Crippen LogP contribution is -2.16. The molecule has 0 spiro atoms. The van der Waals surface area contributed by atoms with Crippen LogP contribution in [-0.2, 0) is 19.1 Å². The van der Waals surface area contributed by atoms with E-state index in [-0.39, 0.29) is 6.61 Å². The van der Waals surface area contributed by atoms with Gasteiger partial charge in [0.1, 0.15) is 13.2 Å². The predicted octanol–water partition coefficient (Wildman–Crippen LogP) is 5.11. The minimum atomic E-state index is -1.08. The van der Waals surface area contributed by atoms with Crippen LogP contribution in [0, 0.1) is 0 Å². The summed E-state index contributed by atoms with van der Waals surface area (Å²) in [4.78, 5) is 21.4. The molecule has 0 radical (unpaired) electrons. The van der Waals surface area contributed by atoms with Gasteiger partial charge in [-0.25, -0.2) is 9.59 Å². The zero-order chi connectivity index (χ0) is 18.6. The van der Waals surface area contributed by atoms with Crippen LogP contribution in [0.25, 0.3) is 0 Å². The molecule has 0 aromatic carbocycles. The van der Waals surface area contributed by atoms with Gasteiger partial charge in [0.2, 0.25) is 0 Å². The van der Waals surface area contributed by atoms with E-state index in [1.165, 1.54) is 77.0 Å². The molecule has 5 heteroatoms. The number of aliphatic carboxylic acids is 1. The van der Waals surface area contributed by atoms with E-state index >= 15 is 0 Å². The van der Waals surface area contributed by atoms with Gasteiger partial charge in [-0.3, -0.25) is 0 Å². The van der Waals surface area contributed by atoms with Crippen LogP contribution in [0.1, 0.15) is 96.8 Å². The maximum absolute atomic E-state index is 11.2. The Hall–Kier alpha value is -1.10. The Morgan fingerprint density at radius 3 is 1.56 bits per heavy atom. The lowest BCUT2D eigenvalue weighted by Gasteiger charge is -2.05. The highest BCUT2D eigenvalue weighted by Crippen LogP contribution is 2.12. The van der Waals surface area contributed by atoms with Crippen molar-refractivity contribution in [3.8, 4) is 0 Å². The molecule has 1 N–H and O–H groups in total. The van der Waals surface area contributed by atoms with Crippen LogP contribution in [-0.4, -0.2) is 36.9 Å². The number of carbonyl (C=O) groups is 2. The largest absolute Gasteiger partial charge is 0.480 e. The number of rotatable bonds is 19. The second-order valence-corrected chi connectivity index (χ2v) is 6.70. The molecular formula is C20H38O5. The molecule has 0 atom stereocenters. The second kappa shape index (κ2) is 19.2. The summed E-state index contributed by atoms with van der Waals surface area (Å²) in [5, 5.41) is 8.37. The van der Waals surface area contributed by atoms with Gasteiger partial charge >= 0.3 is 11.9 Å². The van der Waals surface area contributed by atoms with Crippen LogP contribution < -0.4 is 0 Å². The number of esters is 1. The van der Waals surface area contributed by atoms with E-state index in [0.717, 1.165) is 12.8 Å². The molecule has 0 aliphatic rings. The Morgan fingerprint density at radius 2 is 1.12 bits per heavy atom. The average molecular weight is 359 g/mol. The molecule has 0 aliphatic heterocycles. The van der Waals surface area contributed by atoms with Crippen molar-refractivity contribution in [2.24, 2.45) is 0 Å². The minimum absolute atomic E-state index is 0.287. The molecule has 0 saturated heterocycles. The van der Waals surface area contributed by atoms with Gasteiger partial charge in [-0.2, -0.15) is 0 Å². The molecule has 25 heavy (non-hydrogen) atoms. The van der Waals surface area contributed by atoms with Gasteiger partial charge in [0, 0.05) is 0 Å². The van der Waals surface area contributed by atoms with Crippen molar-refractivity contribution in [1.29, 1.82) is 0 Å². The van der Waals surface area contributed by atoms with Crippen LogP contribution >= 0.6 is 0 Å². The summed E-state index contributed by atoms with van der Waals surface area (Å²) in [5.74, 6) is -1.57. The smallest absolute Gasteiger partial charge is 0.332 e. The number of carboxylic acids is 1. The summed E-state index contributed by atoms with van der Waals surface area (Å²) in [7, 11) is 0. The third-order valence-corrected chi connectivity index (χ3v) is 4.21. The highest BCUT2D eigenvalue weighted by Gasteiger charge is 2.04. The van der Waals surface area contributed by atoms with Crippen LogP contribution in [0.2, 0.25) is 0 Å². The van der Waals surface area contributed by atoms with Gasteiger partial charge in [-0.15, -0.1) is 0 Å². The Kier molecular flexibility index (Phi) is 18.4. The van der Waals surface area contributed by atoms with Gasteiger partial charge in [0.25, 0.3) is 0 Å². The molecule has 148 valence electrons. The molecule has 0 amide bonds. The third-order valence-electron chi connectivity index (χ3n) is 4.21. The van der Waals surface area contributed by atoms with Crippen molar-refractivity contribution < 1.29 is 24.2 Å². The Labute approximate surface area is 153 Å². The van der Waals surface area contributed by atoms with E-state index in [2.05, 4.69) is 11.7 Å². The van der Waals surface area contributed by atoms with Gasteiger partial charge in [0.05, 0.1) is 6.61 Å². The Balaban J connectivity index is 3.11. The van der Waals surface area contributed by atoms with E-state index < -0.39 is 18.5 Å². The fourth-order valence-corrected chi connectivity index (χ4v) is 2.75. The standard InChI is InChI=1S/C20H38O5/c1-2-3-4-5-6-7-8-9-10-11-12-13-14-15-16-25-20(23)18-24-17-19(21)22/h2-18H2,1H3,(H,21,22). The molecule has 0 aliphatic carbocycles. The van der Waals surface area contributed by atoms with Crippen LogP contribution in [0.3, 0.4) is 0 Å². The molecular weight excluding hydrogens is 320 g/mol. The van der Waals surface area contributed by atoms with E-state index in [9.17, 15) is 9.59 Å². The molecule has 0 bridgehead atoms.